The van der Waals surface area contributed by atoms with Crippen LogP contribution in [-0.2, 0) is 0 Å². The Bertz CT molecular complexity index is 741. The molecule has 1 aliphatic heterocycles. The molecular formula is C21H27NO. The number of aryl methyl sites for hydroxylation is 1. The predicted molar refractivity (Wildman–Crippen MR) is 97.4 cm³/mol. The zero-order valence-corrected chi connectivity index (χ0v) is 15.0. The Balaban J connectivity index is 2.16. The summed E-state index contributed by atoms with van der Waals surface area (Å²) in [5.41, 5.74) is 13.0. The topological polar surface area (TPSA) is 35.2 Å². The molecule has 2 nitrogen and oxygen atoms in total. The van der Waals surface area contributed by atoms with E-state index in [2.05, 4.69) is 65.8 Å². The van der Waals surface area contributed by atoms with Crippen molar-refractivity contribution in [2.45, 2.75) is 59.0 Å². The minimum absolute atomic E-state index is 0.209. The first-order valence-corrected chi connectivity index (χ1v) is 8.41. The first-order chi connectivity index (χ1) is 10.7. The number of benzene rings is 2. The number of hydrogen-bond donors (Lipinski definition) is 1. The van der Waals surface area contributed by atoms with Crippen LogP contribution in [0.3, 0.4) is 0 Å². The van der Waals surface area contributed by atoms with E-state index in [-0.39, 0.29) is 11.5 Å². The average Bonchev–Trinajstić information content (AvgIpc) is 2.77. The quantitative estimate of drug-likeness (QED) is 0.763. The third-order valence-corrected chi connectivity index (χ3v) is 5.10. The second-order valence-electron chi connectivity index (χ2n) is 7.61. The Morgan fingerprint density at radius 2 is 1.70 bits per heavy atom. The van der Waals surface area contributed by atoms with E-state index in [0.29, 0.717) is 5.92 Å². The van der Waals surface area contributed by atoms with Crippen LogP contribution < -0.4 is 10.5 Å². The molecule has 2 aromatic rings. The third kappa shape index (κ3) is 2.50. The Morgan fingerprint density at radius 3 is 2.26 bits per heavy atom. The summed E-state index contributed by atoms with van der Waals surface area (Å²) in [5, 5.41) is 0. The third-order valence-electron chi connectivity index (χ3n) is 5.10. The molecule has 122 valence electrons. The molecule has 2 N–H and O–H groups in total. The van der Waals surface area contributed by atoms with Crippen LogP contribution in [0.1, 0.15) is 67.3 Å². The molecule has 0 amide bonds. The Labute approximate surface area is 139 Å². The molecule has 1 atom stereocenters. The van der Waals surface area contributed by atoms with E-state index in [1.54, 1.807) is 0 Å². The summed E-state index contributed by atoms with van der Waals surface area (Å²) >= 11 is 0. The highest BCUT2D eigenvalue weighted by Crippen LogP contribution is 2.52. The molecular weight excluding hydrogens is 282 g/mol. The van der Waals surface area contributed by atoms with E-state index in [1.807, 2.05) is 6.07 Å². The zero-order valence-electron chi connectivity index (χ0n) is 15.0. The molecule has 2 aromatic carbocycles. The van der Waals surface area contributed by atoms with Gasteiger partial charge in [0.1, 0.15) is 11.4 Å². The average molecular weight is 309 g/mol. The van der Waals surface area contributed by atoms with Crippen molar-refractivity contribution in [1.82, 2.24) is 0 Å². The van der Waals surface area contributed by atoms with Gasteiger partial charge in [-0.15, -0.1) is 0 Å². The van der Waals surface area contributed by atoms with Gasteiger partial charge in [0, 0.05) is 11.3 Å². The molecule has 0 spiro atoms. The van der Waals surface area contributed by atoms with Crippen molar-refractivity contribution >= 4 is 5.69 Å². The first kappa shape index (κ1) is 15.9. The van der Waals surface area contributed by atoms with E-state index in [0.717, 1.165) is 22.6 Å². The predicted octanol–water partition coefficient (Wildman–Crippen LogP) is 5.31. The highest BCUT2D eigenvalue weighted by atomic mass is 16.5. The van der Waals surface area contributed by atoms with E-state index >= 15 is 0 Å². The van der Waals surface area contributed by atoms with E-state index in [1.165, 1.54) is 16.7 Å². The van der Waals surface area contributed by atoms with Crippen molar-refractivity contribution < 1.29 is 4.74 Å². The highest BCUT2D eigenvalue weighted by Gasteiger charge is 2.44. The fourth-order valence-electron chi connectivity index (χ4n) is 3.74. The van der Waals surface area contributed by atoms with Gasteiger partial charge in [0.25, 0.3) is 0 Å². The number of ether oxygens (including phenoxy) is 1. The maximum Gasteiger partial charge on any atom is 0.127 e. The second kappa shape index (κ2) is 5.30. The molecule has 2 heteroatoms. The van der Waals surface area contributed by atoms with E-state index in [4.69, 9.17) is 10.5 Å². The van der Waals surface area contributed by atoms with Gasteiger partial charge in [-0.3, -0.25) is 0 Å². The molecule has 0 saturated carbocycles. The zero-order chi connectivity index (χ0) is 16.9. The fourth-order valence-corrected chi connectivity index (χ4v) is 3.74. The molecule has 3 rings (SSSR count). The number of rotatable bonds is 2. The summed E-state index contributed by atoms with van der Waals surface area (Å²) in [6.45, 7) is 13.0. The van der Waals surface area contributed by atoms with Gasteiger partial charge < -0.3 is 10.5 Å². The van der Waals surface area contributed by atoms with Crippen LogP contribution in [-0.4, -0.2) is 5.60 Å². The van der Waals surface area contributed by atoms with Gasteiger partial charge in [0.15, 0.2) is 0 Å². The summed E-state index contributed by atoms with van der Waals surface area (Å²) in [5.74, 6) is 1.77. The van der Waals surface area contributed by atoms with Crippen molar-refractivity contribution in [2.24, 2.45) is 0 Å². The minimum Gasteiger partial charge on any atom is -0.486 e. The monoisotopic (exact) mass is 309 g/mol. The first-order valence-electron chi connectivity index (χ1n) is 8.41. The molecule has 0 radical (unpaired) electrons. The normalized spacial score (nSPS) is 18.8. The SMILES string of the molecule is Cc1cc(N)c(C)c2c1OC(C)(C)C2c1ccc(C(C)C)cc1. The number of nitrogens with two attached hydrogens (primary N) is 1. The standard InChI is InChI=1S/C21H27NO/c1-12(2)15-7-9-16(10-8-15)19-18-14(4)17(22)11-13(3)20(18)23-21(19,5)6/h7-12,19H,22H2,1-6H3. The number of anilines is 1. The van der Waals surface area contributed by atoms with Crippen LogP contribution in [0.15, 0.2) is 30.3 Å². The van der Waals surface area contributed by atoms with Crippen LogP contribution in [0.25, 0.3) is 0 Å². The molecule has 0 aromatic heterocycles. The smallest absolute Gasteiger partial charge is 0.127 e. The van der Waals surface area contributed by atoms with Gasteiger partial charge >= 0.3 is 0 Å². The lowest BCUT2D eigenvalue weighted by atomic mass is 9.78. The Hall–Kier alpha value is -1.96. The van der Waals surface area contributed by atoms with Gasteiger partial charge in [0.05, 0.1) is 5.92 Å². The van der Waals surface area contributed by atoms with E-state index in [9.17, 15) is 0 Å². The summed E-state index contributed by atoms with van der Waals surface area (Å²) in [6, 6.07) is 11.0. The van der Waals surface area contributed by atoms with Crippen molar-refractivity contribution in [3.05, 3.63) is 58.1 Å². The van der Waals surface area contributed by atoms with Crippen LogP contribution in [0.2, 0.25) is 0 Å². The largest absolute Gasteiger partial charge is 0.486 e. The van der Waals surface area contributed by atoms with Gasteiger partial charge in [-0.1, -0.05) is 38.1 Å². The van der Waals surface area contributed by atoms with Crippen molar-refractivity contribution in [2.75, 3.05) is 5.73 Å². The Morgan fingerprint density at radius 1 is 1.09 bits per heavy atom. The van der Waals surface area contributed by atoms with Crippen molar-refractivity contribution in [1.29, 1.82) is 0 Å². The molecule has 0 bridgehead atoms. The maximum atomic E-state index is 6.35. The molecule has 0 saturated heterocycles. The number of nitrogen functional groups attached to an aromatic ring is 1. The van der Waals surface area contributed by atoms with E-state index < -0.39 is 0 Å². The maximum absolute atomic E-state index is 6.35. The lowest BCUT2D eigenvalue weighted by molar-refractivity contribution is 0.121. The second-order valence-corrected chi connectivity index (χ2v) is 7.61. The van der Waals surface area contributed by atoms with Crippen LogP contribution >= 0.6 is 0 Å². The van der Waals surface area contributed by atoms with Crippen molar-refractivity contribution in [3.63, 3.8) is 0 Å². The molecule has 0 aliphatic carbocycles. The van der Waals surface area contributed by atoms with Crippen LogP contribution in [0.4, 0.5) is 5.69 Å². The lowest BCUT2D eigenvalue weighted by Crippen LogP contribution is -2.31. The van der Waals surface area contributed by atoms with Crippen LogP contribution in [0.5, 0.6) is 5.75 Å². The number of hydrogen-bond acceptors (Lipinski definition) is 2. The summed E-state index contributed by atoms with van der Waals surface area (Å²) in [7, 11) is 0. The van der Waals surface area contributed by atoms with Crippen LogP contribution in [0, 0.1) is 13.8 Å². The molecule has 0 fully saturated rings. The molecule has 1 aliphatic rings. The fraction of sp³-hybridized carbons (Fsp3) is 0.429. The summed E-state index contributed by atoms with van der Waals surface area (Å²) < 4.78 is 6.35. The summed E-state index contributed by atoms with van der Waals surface area (Å²) in [6.07, 6.45) is 0. The van der Waals surface area contributed by atoms with Crippen molar-refractivity contribution in [3.8, 4) is 5.75 Å². The van der Waals surface area contributed by atoms with Gasteiger partial charge in [-0.05, 0) is 61.9 Å². The highest BCUT2D eigenvalue weighted by molar-refractivity contribution is 5.65. The number of fused-ring (bicyclic) bond motifs is 1. The minimum atomic E-state index is -0.273. The van der Waals surface area contributed by atoms with Gasteiger partial charge in [0.2, 0.25) is 0 Å². The summed E-state index contributed by atoms with van der Waals surface area (Å²) in [4.78, 5) is 0. The Kier molecular flexibility index (Phi) is 3.66. The van der Waals surface area contributed by atoms with Gasteiger partial charge in [-0.25, -0.2) is 0 Å². The lowest BCUT2D eigenvalue weighted by Gasteiger charge is -2.27. The molecule has 1 heterocycles. The molecule has 23 heavy (non-hydrogen) atoms. The molecule has 1 unspecified atom stereocenters. The van der Waals surface area contributed by atoms with Gasteiger partial charge in [-0.2, -0.15) is 0 Å².